The van der Waals surface area contributed by atoms with Crippen molar-refractivity contribution >= 4 is 27.8 Å². The lowest BCUT2D eigenvalue weighted by atomic mass is 10.0. The van der Waals surface area contributed by atoms with E-state index in [1.165, 1.54) is 0 Å². The van der Waals surface area contributed by atoms with Crippen molar-refractivity contribution in [2.24, 2.45) is 0 Å². The van der Waals surface area contributed by atoms with Crippen LogP contribution >= 0.6 is 0 Å². The Kier molecular flexibility index (Phi) is 3.81. The fourth-order valence-electron chi connectivity index (χ4n) is 2.52. The van der Waals surface area contributed by atoms with Crippen LogP contribution < -0.4 is 15.8 Å². The molecule has 0 heterocycles. The molecule has 23 heavy (non-hydrogen) atoms. The summed E-state index contributed by atoms with van der Waals surface area (Å²) in [5.41, 5.74) is 8.44. The lowest BCUT2D eigenvalue weighted by Crippen LogP contribution is -2.00. The first-order valence-electron chi connectivity index (χ1n) is 7.20. The largest absolute Gasteiger partial charge is 0.505 e. The maximum absolute atomic E-state index is 10.4. The Morgan fingerprint density at radius 3 is 2.57 bits per heavy atom. The third-order valence-corrected chi connectivity index (χ3v) is 3.75. The van der Waals surface area contributed by atoms with Crippen LogP contribution in [0, 0.1) is 0 Å². The minimum Gasteiger partial charge on any atom is -0.505 e. The van der Waals surface area contributed by atoms with Crippen molar-refractivity contribution in [1.29, 1.82) is 0 Å². The molecule has 0 bridgehead atoms. The Morgan fingerprint density at radius 1 is 1.13 bits per heavy atom. The van der Waals surface area contributed by atoms with Crippen molar-refractivity contribution < 1.29 is 9.84 Å². The predicted octanol–water partition coefficient (Wildman–Crippen LogP) is 4.22. The molecule has 3 rings (SSSR count). The van der Waals surface area contributed by atoms with E-state index in [1.54, 1.807) is 7.11 Å². The number of nitrogens with one attached hydrogen (secondary N) is 1. The minimum atomic E-state index is 0.0242. The standard InChI is InChI=1S/C19H18N2O2/c1-12(21-14-6-4-3-5-7-14)17-11-13-10-15(23-2)8-9-16(13)18(20)19(17)22/h3-11,21-22H,1,20H2,2H3. The van der Waals surface area contributed by atoms with Gasteiger partial charge in [-0.15, -0.1) is 0 Å². The van der Waals surface area contributed by atoms with Gasteiger partial charge in [-0.1, -0.05) is 24.8 Å². The van der Waals surface area contributed by atoms with E-state index >= 15 is 0 Å². The average molecular weight is 306 g/mol. The fraction of sp³-hybridized carbons (Fsp3) is 0.0526. The number of methoxy groups -OCH3 is 1. The van der Waals surface area contributed by atoms with Crippen molar-refractivity contribution in [3.8, 4) is 11.5 Å². The number of aromatic hydroxyl groups is 1. The first kappa shape index (κ1) is 14.8. The molecule has 0 saturated heterocycles. The van der Waals surface area contributed by atoms with E-state index in [-0.39, 0.29) is 5.75 Å². The molecular weight excluding hydrogens is 288 g/mol. The topological polar surface area (TPSA) is 67.5 Å². The summed E-state index contributed by atoms with van der Waals surface area (Å²) in [4.78, 5) is 0. The Balaban J connectivity index is 2.06. The summed E-state index contributed by atoms with van der Waals surface area (Å²) in [7, 11) is 1.61. The molecular formula is C19H18N2O2. The molecule has 0 radical (unpaired) electrons. The van der Waals surface area contributed by atoms with Crippen LogP contribution in [-0.2, 0) is 0 Å². The van der Waals surface area contributed by atoms with Crippen LogP contribution in [-0.4, -0.2) is 12.2 Å². The van der Waals surface area contributed by atoms with Gasteiger partial charge < -0.3 is 20.9 Å². The summed E-state index contributed by atoms with van der Waals surface area (Å²) < 4.78 is 5.25. The van der Waals surface area contributed by atoms with Gasteiger partial charge in [-0.05, 0) is 41.8 Å². The van der Waals surface area contributed by atoms with Crippen LogP contribution in [0.15, 0.2) is 61.2 Å². The van der Waals surface area contributed by atoms with E-state index in [0.717, 1.165) is 22.2 Å². The average Bonchev–Trinajstić information content (AvgIpc) is 2.58. The maximum atomic E-state index is 10.4. The number of ether oxygens (including phenoxy) is 1. The number of benzene rings is 3. The predicted molar refractivity (Wildman–Crippen MR) is 95.7 cm³/mol. The Morgan fingerprint density at radius 2 is 1.87 bits per heavy atom. The molecule has 0 amide bonds. The molecule has 0 saturated carbocycles. The van der Waals surface area contributed by atoms with Gasteiger partial charge in [0, 0.05) is 22.3 Å². The Hall–Kier alpha value is -3.14. The third-order valence-electron chi connectivity index (χ3n) is 3.75. The summed E-state index contributed by atoms with van der Waals surface area (Å²) in [6.45, 7) is 4.01. The molecule has 0 aliphatic heterocycles. The molecule has 0 aliphatic rings. The molecule has 116 valence electrons. The van der Waals surface area contributed by atoms with E-state index in [0.29, 0.717) is 16.9 Å². The van der Waals surface area contributed by atoms with Crippen molar-refractivity contribution in [3.05, 3.63) is 66.7 Å². The smallest absolute Gasteiger partial charge is 0.148 e. The zero-order valence-corrected chi connectivity index (χ0v) is 12.8. The zero-order valence-electron chi connectivity index (χ0n) is 12.8. The van der Waals surface area contributed by atoms with E-state index < -0.39 is 0 Å². The highest BCUT2D eigenvalue weighted by molar-refractivity contribution is 6.01. The number of hydrogen-bond donors (Lipinski definition) is 3. The lowest BCUT2D eigenvalue weighted by Gasteiger charge is -2.15. The summed E-state index contributed by atoms with van der Waals surface area (Å²) in [6, 6.07) is 17.0. The van der Waals surface area contributed by atoms with Gasteiger partial charge in [0.25, 0.3) is 0 Å². The molecule has 0 spiro atoms. The van der Waals surface area contributed by atoms with Gasteiger partial charge in [0.1, 0.15) is 11.5 Å². The quantitative estimate of drug-likeness (QED) is 0.499. The van der Waals surface area contributed by atoms with Crippen LogP contribution in [0.2, 0.25) is 0 Å². The molecule has 3 aromatic carbocycles. The first-order valence-corrected chi connectivity index (χ1v) is 7.20. The zero-order chi connectivity index (χ0) is 16.4. The maximum Gasteiger partial charge on any atom is 0.148 e. The molecule has 4 N–H and O–H groups in total. The van der Waals surface area contributed by atoms with Gasteiger partial charge >= 0.3 is 0 Å². The number of fused-ring (bicyclic) bond motifs is 1. The molecule has 4 heteroatoms. The van der Waals surface area contributed by atoms with Gasteiger partial charge in [-0.2, -0.15) is 0 Å². The number of anilines is 2. The van der Waals surface area contributed by atoms with Crippen molar-refractivity contribution in [3.63, 3.8) is 0 Å². The SMILES string of the molecule is C=C(Nc1ccccc1)c1cc2cc(OC)ccc2c(N)c1O. The lowest BCUT2D eigenvalue weighted by molar-refractivity contribution is 0.415. The monoisotopic (exact) mass is 306 g/mol. The summed E-state index contributed by atoms with van der Waals surface area (Å²) in [5.74, 6) is 0.756. The van der Waals surface area contributed by atoms with Gasteiger partial charge in [0.2, 0.25) is 0 Å². The highest BCUT2D eigenvalue weighted by atomic mass is 16.5. The van der Waals surface area contributed by atoms with Crippen LogP contribution in [0.4, 0.5) is 11.4 Å². The highest BCUT2D eigenvalue weighted by Gasteiger charge is 2.13. The minimum absolute atomic E-state index is 0.0242. The second kappa shape index (κ2) is 5.93. The molecule has 0 unspecified atom stereocenters. The van der Waals surface area contributed by atoms with E-state index in [1.807, 2.05) is 54.6 Å². The van der Waals surface area contributed by atoms with Crippen LogP contribution in [0.5, 0.6) is 11.5 Å². The number of para-hydroxylation sites is 1. The van der Waals surface area contributed by atoms with Crippen molar-refractivity contribution in [1.82, 2.24) is 0 Å². The van der Waals surface area contributed by atoms with E-state index in [2.05, 4.69) is 11.9 Å². The molecule has 0 aromatic heterocycles. The molecule has 3 aromatic rings. The normalized spacial score (nSPS) is 10.5. The molecule has 0 fully saturated rings. The number of rotatable bonds is 4. The Bertz CT molecular complexity index is 873. The van der Waals surface area contributed by atoms with Gasteiger partial charge in [-0.3, -0.25) is 0 Å². The second-order valence-electron chi connectivity index (χ2n) is 5.24. The van der Waals surface area contributed by atoms with Crippen molar-refractivity contribution in [2.45, 2.75) is 0 Å². The summed E-state index contributed by atoms with van der Waals surface area (Å²) in [5, 5.41) is 15.2. The number of nitrogens with two attached hydrogens (primary N) is 1. The van der Waals surface area contributed by atoms with Crippen LogP contribution in [0.3, 0.4) is 0 Å². The number of phenols is 1. The van der Waals surface area contributed by atoms with Gasteiger partial charge in [-0.25, -0.2) is 0 Å². The van der Waals surface area contributed by atoms with Crippen LogP contribution in [0.1, 0.15) is 5.56 Å². The van der Waals surface area contributed by atoms with Crippen LogP contribution in [0.25, 0.3) is 16.5 Å². The third kappa shape index (κ3) is 2.79. The summed E-state index contributed by atoms with van der Waals surface area (Å²) >= 11 is 0. The van der Waals surface area contributed by atoms with Gasteiger partial charge in [0.05, 0.1) is 12.8 Å². The molecule has 4 nitrogen and oxygen atoms in total. The second-order valence-corrected chi connectivity index (χ2v) is 5.24. The Labute approximate surface area is 134 Å². The van der Waals surface area contributed by atoms with E-state index in [4.69, 9.17) is 10.5 Å². The fourth-order valence-corrected chi connectivity index (χ4v) is 2.52. The highest BCUT2D eigenvalue weighted by Crippen LogP contribution is 2.38. The number of phenolic OH excluding ortho intramolecular Hbond substituents is 1. The van der Waals surface area contributed by atoms with Gasteiger partial charge in [0.15, 0.2) is 0 Å². The number of hydrogen-bond acceptors (Lipinski definition) is 4. The van der Waals surface area contributed by atoms with Crippen molar-refractivity contribution in [2.75, 3.05) is 18.2 Å². The van der Waals surface area contributed by atoms with E-state index in [9.17, 15) is 5.11 Å². The summed E-state index contributed by atoms with van der Waals surface area (Å²) in [6.07, 6.45) is 0. The first-order chi connectivity index (χ1) is 11.1. The molecule has 0 aliphatic carbocycles. The molecule has 0 atom stereocenters. The number of nitrogen functional groups attached to an aromatic ring is 1.